The van der Waals surface area contributed by atoms with Gasteiger partial charge in [-0.05, 0) is 0 Å². The molecule has 0 saturated heterocycles. The molecular formula is H15CoN4O2+2. The summed E-state index contributed by atoms with van der Waals surface area (Å²) in [5.41, 5.74) is 0. The molecule has 0 aromatic heterocycles. The van der Waals surface area contributed by atoms with Gasteiger partial charge in [0.15, 0.2) is 0 Å². The van der Waals surface area contributed by atoms with Gasteiger partial charge in [-0.25, -0.2) is 0 Å². The van der Waals surface area contributed by atoms with E-state index in [9.17, 15) is 0 Å². The van der Waals surface area contributed by atoms with Crippen LogP contribution in [-0.4, -0.2) is 11.0 Å². The van der Waals surface area contributed by atoms with Crippen LogP contribution in [-0.2, 0) is 16.8 Å². The van der Waals surface area contributed by atoms with Gasteiger partial charge in [-0.2, -0.15) is 0 Å². The Hall–Kier alpha value is 0.266. The van der Waals surface area contributed by atoms with Gasteiger partial charge in [0.25, 0.3) is 0 Å². The quantitative estimate of drug-likeness (QED) is 0.433. The summed E-state index contributed by atoms with van der Waals surface area (Å²) >= 11 is 0. The second kappa shape index (κ2) is 2450. The zero-order valence-electron chi connectivity index (χ0n) is 4.03. The summed E-state index contributed by atoms with van der Waals surface area (Å²) in [6, 6.07) is 0. The molecule has 0 rings (SSSR count). The summed E-state index contributed by atoms with van der Waals surface area (Å²) in [4.78, 5) is 0. The van der Waals surface area contributed by atoms with Crippen molar-refractivity contribution < 1.29 is 27.7 Å². The van der Waals surface area contributed by atoms with Gasteiger partial charge in [-0.3, -0.25) is 0 Å². The molecule has 0 aromatic carbocycles. The normalized spacial score (nSPS) is 0. The fourth-order valence-corrected chi connectivity index (χ4v) is 0. The Bertz CT molecular complexity index is 9.65. The van der Waals surface area contributed by atoms with Crippen LogP contribution in [0, 0.1) is 0 Å². The van der Waals surface area contributed by atoms with E-state index in [1.807, 2.05) is 0 Å². The van der Waals surface area contributed by atoms with Crippen LogP contribution < -0.4 is 18.5 Å². The molecule has 0 fully saturated rings. The second-order valence-electron chi connectivity index (χ2n) is 0. The molecule has 54 valence electrons. The fourth-order valence-electron chi connectivity index (χ4n) is 0. The number of nitrogens with two attached hydrogens (primary N) is 1. The molecule has 0 unspecified atom stereocenters. The van der Waals surface area contributed by atoms with Gasteiger partial charge in [-0.1, -0.05) is 0 Å². The van der Waals surface area contributed by atoms with Gasteiger partial charge in [-0.15, -0.1) is 0 Å². The van der Waals surface area contributed by atoms with Gasteiger partial charge < -0.3 is 35.6 Å². The number of hydrogen-bond acceptors (Lipinski definition) is 3. The Balaban J connectivity index is 0. The first-order chi connectivity index (χ1) is 0. The molecule has 6 nitrogen and oxygen atoms in total. The van der Waals surface area contributed by atoms with Crippen molar-refractivity contribution in [1.82, 2.24) is 18.5 Å². The topological polar surface area (TPSA) is 202 Å². The Kier molecular flexibility index (Phi) is 1400000. The maximum Gasteiger partial charge on any atom is 3.00 e. The minimum atomic E-state index is 0. The number of hydrogen-bond donors (Lipinski definition) is 3. The van der Waals surface area contributed by atoms with Gasteiger partial charge >= 0.3 is 16.8 Å². The average Bonchev–Trinajstić information content (AvgIpc) is 0. The van der Waals surface area contributed by atoms with Crippen molar-refractivity contribution >= 4 is 0 Å². The van der Waals surface area contributed by atoms with Gasteiger partial charge in [0, 0.05) is 0 Å². The van der Waals surface area contributed by atoms with E-state index in [1.165, 1.54) is 0 Å². The van der Waals surface area contributed by atoms with Crippen molar-refractivity contribution in [3.05, 3.63) is 6.15 Å². The first kappa shape index (κ1) is 4020. The third-order valence-corrected chi connectivity index (χ3v) is 0. The van der Waals surface area contributed by atoms with Crippen molar-refractivity contribution in [3.63, 3.8) is 0 Å². The molecule has 0 heterocycles. The van der Waals surface area contributed by atoms with Gasteiger partial charge in [0.1, 0.15) is 0 Å². The molecule has 0 aliphatic heterocycles. The molecule has 0 radical (unpaired) electrons. The Labute approximate surface area is 53.2 Å². The van der Waals surface area contributed by atoms with E-state index in [-0.39, 0.29) is 52.3 Å². The van der Waals surface area contributed by atoms with Crippen LogP contribution in [0.1, 0.15) is 0 Å². The van der Waals surface area contributed by atoms with Crippen molar-refractivity contribution in [2.24, 2.45) is 0 Å². The van der Waals surface area contributed by atoms with Crippen molar-refractivity contribution in [2.45, 2.75) is 0 Å². The van der Waals surface area contributed by atoms with Crippen molar-refractivity contribution in [1.29, 1.82) is 0 Å². The zero-order valence-corrected chi connectivity index (χ0v) is 5.07. The van der Waals surface area contributed by atoms with Crippen LogP contribution in [0.2, 0.25) is 0 Å². The Morgan fingerprint density at radius 1 is 0.571 bits per heavy atom. The molecule has 0 spiro atoms. The monoisotopic (exact) mass is 162 g/mol. The summed E-state index contributed by atoms with van der Waals surface area (Å²) in [6.07, 6.45) is 0. The predicted molar refractivity (Wildman–Crippen MR) is 27.6 cm³/mol. The average molecular weight is 162 g/mol. The molecule has 0 bridgehead atoms. The van der Waals surface area contributed by atoms with E-state index in [0.717, 1.165) is 0 Å². The smallest absolute Gasteiger partial charge is 0.693 e. The summed E-state index contributed by atoms with van der Waals surface area (Å²) in [5.74, 6) is 0. The molecule has 0 aliphatic carbocycles. The van der Waals surface area contributed by atoms with Gasteiger partial charge in [0.2, 0.25) is 0 Å². The van der Waals surface area contributed by atoms with Crippen molar-refractivity contribution in [3.8, 4) is 0 Å². The second-order valence-corrected chi connectivity index (χ2v) is 0. The van der Waals surface area contributed by atoms with Crippen LogP contribution in [0.3, 0.4) is 0 Å². The predicted octanol–water partition coefficient (Wildman–Crippen LogP) is -0.449. The zero-order chi connectivity index (χ0) is 0. The molecule has 15 N–H and O–H groups in total. The first-order valence-corrected chi connectivity index (χ1v) is 0. The van der Waals surface area contributed by atoms with E-state index < -0.39 is 0 Å². The molecule has 7 heteroatoms. The Morgan fingerprint density at radius 3 is 0.571 bits per heavy atom. The minimum Gasteiger partial charge on any atom is -0.693 e. The summed E-state index contributed by atoms with van der Waals surface area (Å²) in [7, 11) is 0. The molecular weight excluding hydrogens is 147 g/mol. The standard InChI is InChI=1S/Co.3H3N.H2N.2H2O/h;3*1H3;3*1H2/q+3;;;;-1;;. The summed E-state index contributed by atoms with van der Waals surface area (Å²) in [6.45, 7) is 0. The minimum absolute atomic E-state index is 0. The van der Waals surface area contributed by atoms with Crippen LogP contribution in [0.25, 0.3) is 6.15 Å². The Morgan fingerprint density at radius 2 is 0.571 bits per heavy atom. The van der Waals surface area contributed by atoms with E-state index in [4.69, 9.17) is 0 Å². The van der Waals surface area contributed by atoms with Crippen LogP contribution in [0.5, 0.6) is 0 Å². The van der Waals surface area contributed by atoms with Crippen LogP contribution >= 0.6 is 0 Å². The van der Waals surface area contributed by atoms with E-state index >= 15 is 0 Å². The fraction of sp³-hybridized carbons (Fsp3) is 0. The summed E-state index contributed by atoms with van der Waals surface area (Å²) < 4.78 is 0. The maximum absolute atomic E-state index is 0. The van der Waals surface area contributed by atoms with Crippen LogP contribution in [0.4, 0.5) is 0 Å². The molecule has 0 saturated carbocycles. The maximum atomic E-state index is 0. The van der Waals surface area contributed by atoms with E-state index in [2.05, 4.69) is 0 Å². The number of rotatable bonds is 0. The molecule has 0 aromatic rings. The van der Waals surface area contributed by atoms with E-state index in [1.54, 1.807) is 0 Å². The largest absolute Gasteiger partial charge is 3.00 e. The van der Waals surface area contributed by atoms with Gasteiger partial charge in [0.05, 0.1) is 0 Å². The van der Waals surface area contributed by atoms with Crippen molar-refractivity contribution in [2.75, 3.05) is 0 Å². The first-order valence-electron chi connectivity index (χ1n) is 0. The molecule has 0 amide bonds. The molecule has 7 heavy (non-hydrogen) atoms. The molecule has 0 atom stereocenters. The molecule has 0 aliphatic rings. The van der Waals surface area contributed by atoms with Crippen LogP contribution in [0.15, 0.2) is 0 Å². The SMILES string of the molecule is N.N.N.O.O.[Co+3].[NH2-]. The van der Waals surface area contributed by atoms with E-state index in [0.29, 0.717) is 0 Å². The third kappa shape index (κ3) is 1610. The summed E-state index contributed by atoms with van der Waals surface area (Å²) in [5, 5.41) is 0. The third-order valence-electron chi connectivity index (χ3n) is 0.